The van der Waals surface area contributed by atoms with Crippen molar-refractivity contribution in [3.8, 4) is 11.3 Å². The summed E-state index contributed by atoms with van der Waals surface area (Å²) in [6.07, 6.45) is 1.86. The number of rotatable bonds is 4. The molecule has 2 heterocycles. The Morgan fingerprint density at radius 3 is 2.68 bits per heavy atom. The van der Waals surface area contributed by atoms with Gasteiger partial charge in [-0.2, -0.15) is 4.98 Å². The van der Waals surface area contributed by atoms with Gasteiger partial charge in [0.05, 0.1) is 5.69 Å². The Balaban J connectivity index is 1.70. The van der Waals surface area contributed by atoms with Gasteiger partial charge in [-0.05, 0) is 37.1 Å². The Bertz CT molecular complexity index is 975. The van der Waals surface area contributed by atoms with Gasteiger partial charge < -0.3 is 5.32 Å². The molecule has 3 aromatic rings. The topological polar surface area (TPSA) is 88.4 Å². The van der Waals surface area contributed by atoms with Crippen LogP contribution >= 0.6 is 0 Å². The van der Waals surface area contributed by atoms with Gasteiger partial charge in [-0.1, -0.05) is 18.2 Å². The molecule has 0 saturated heterocycles. The van der Waals surface area contributed by atoms with Crippen LogP contribution in [-0.2, 0) is 9.59 Å². The standard InChI is InChI=1S/C18H17N5O2/c1-11(24)19-14-5-2-4-13(10-14)15-6-3-7-16-20-18(22-23(15)16)21-17(25)12-8-9-12/h2-7,10,12H,8-9H2,1H3,(H,19,24)(H,21,22,25). The molecule has 1 aliphatic carbocycles. The number of nitrogens with zero attached hydrogens (tertiary/aromatic N) is 3. The summed E-state index contributed by atoms with van der Waals surface area (Å²) >= 11 is 0. The minimum absolute atomic E-state index is 0.0230. The lowest BCUT2D eigenvalue weighted by Gasteiger charge is -2.07. The molecule has 7 heteroatoms. The number of pyridine rings is 1. The summed E-state index contributed by atoms with van der Waals surface area (Å²) in [5.74, 6) is 0.258. The molecule has 0 radical (unpaired) electrons. The lowest BCUT2D eigenvalue weighted by Crippen LogP contribution is -2.14. The summed E-state index contributed by atoms with van der Waals surface area (Å²) in [4.78, 5) is 27.5. The van der Waals surface area contributed by atoms with Crippen molar-refractivity contribution in [1.29, 1.82) is 0 Å². The summed E-state index contributed by atoms with van der Waals surface area (Å²) in [6.45, 7) is 1.47. The molecule has 25 heavy (non-hydrogen) atoms. The monoisotopic (exact) mass is 335 g/mol. The molecule has 7 nitrogen and oxygen atoms in total. The minimum atomic E-state index is -0.124. The van der Waals surface area contributed by atoms with Crippen LogP contribution < -0.4 is 10.6 Å². The average molecular weight is 335 g/mol. The van der Waals surface area contributed by atoms with Gasteiger partial charge in [0, 0.05) is 24.1 Å². The molecule has 0 spiro atoms. The number of nitrogens with one attached hydrogen (secondary N) is 2. The number of carbonyl (C=O) groups excluding carboxylic acids is 2. The van der Waals surface area contributed by atoms with E-state index in [-0.39, 0.29) is 17.7 Å². The number of anilines is 2. The molecule has 2 aromatic heterocycles. The first kappa shape index (κ1) is 15.3. The molecule has 1 aromatic carbocycles. The van der Waals surface area contributed by atoms with Crippen LogP contribution in [0.3, 0.4) is 0 Å². The van der Waals surface area contributed by atoms with E-state index in [1.165, 1.54) is 6.92 Å². The number of fused-ring (bicyclic) bond motifs is 1. The molecular weight excluding hydrogens is 318 g/mol. The number of aromatic nitrogens is 3. The van der Waals surface area contributed by atoms with E-state index in [0.29, 0.717) is 17.3 Å². The second-order valence-corrected chi connectivity index (χ2v) is 6.14. The van der Waals surface area contributed by atoms with Crippen LogP contribution in [0.15, 0.2) is 42.5 Å². The smallest absolute Gasteiger partial charge is 0.249 e. The van der Waals surface area contributed by atoms with Gasteiger partial charge in [-0.15, -0.1) is 5.10 Å². The van der Waals surface area contributed by atoms with E-state index in [0.717, 1.165) is 24.1 Å². The highest BCUT2D eigenvalue weighted by Crippen LogP contribution is 2.30. The van der Waals surface area contributed by atoms with E-state index in [1.807, 2.05) is 42.5 Å². The number of hydrogen-bond donors (Lipinski definition) is 2. The first-order chi connectivity index (χ1) is 12.1. The summed E-state index contributed by atoms with van der Waals surface area (Å²) in [7, 11) is 0. The van der Waals surface area contributed by atoms with Crippen LogP contribution in [0.2, 0.25) is 0 Å². The third-order valence-electron chi connectivity index (χ3n) is 4.02. The minimum Gasteiger partial charge on any atom is -0.326 e. The maximum Gasteiger partial charge on any atom is 0.249 e. The Hall–Kier alpha value is -3.22. The average Bonchev–Trinajstić information content (AvgIpc) is 3.34. The third-order valence-corrected chi connectivity index (χ3v) is 4.02. The van der Waals surface area contributed by atoms with Gasteiger partial charge in [-0.3, -0.25) is 14.9 Å². The third kappa shape index (κ3) is 3.21. The number of hydrogen-bond acceptors (Lipinski definition) is 4. The van der Waals surface area contributed by atoms with Crippen molar-refractivity contribution in [1.82, 2.24) is 14.6 Å². The van der Waals surface area contributed by atoms with Crippen molar-refractivity contribution in [2.24, 2.45) is 5.92 Å². The van der Waals surface area contributed by atoms with Gasteiger partial charge in [0.15, 0.2) is 5.65 Å². The molecule has 1 aliphatic rings. The summed E-state index contributed by atoms with van der Waals surface area (Å²) in [6, 6.07) is 13.1. The van der Waals surface area contributed by atoms with E-state index < -0.39 is 0 Å². The predicted molar refractivity (Wildman–Crippen MR) is 94.1 cm³/mol. The lowest BCUT2D eigenvalue weighted by atomic mass is 10.1. The first-order valence-electron chi connectivity index (χ1n) is 8.15. The van der Waals surface area contributed by atoms with Gasteiger partial charge in [-0.25, -0.2) is 4.52 Å². The van der Waals surface area contributed by atoms with Crippen molar-refractivity contribution < 1.29 is 9.59 Å². The highest BCUT2D eigenvalue weighted by atomic mass is 16.2. The van der Waals surface area contributed by atoms with Gasteiger partial charge in [0.2, 0.25) is 17.8 Å². The second-order valence-electron chi connectivity index (χ2n) is 6.14. The maximum atomic E-state index is 11.9. The Morgan fingerprint density at radius 2 is 1.92 bits per heavy atom. The van der Waals surface area contributed by atoms with Crippen LogP contribution in [-0.4, -0.2) is 26.4 Å². The summed E-state index contributed by atoms with van der Waals surface area (Å²) in [5, 5.41) is 9.96. The molecule has 1 fully saturated rings. The Labute approximate surface area is 144 Å². The van der Waals surface area contributed by atoms with Crippen molar-refractivity contribution in [2.45, 2.75) is 19.8 Å². The highest BCUT2D eigenvalue weighted by Gasteiger charge is 2.30. The Morgan fingerprint density at radius 1 is 1.12 bits per heavy atom. The second kappa shape index (κ2) is 6.01. The van der Waals surface area contributed by atoms with Gasteiger partial charge in [0.1, 0.15) is 0 Å². The fraction of sp³-hybridized carbons (Fsp3) is 0.222. The van der Waals surface area contributed by atoms with Crippen molar-refractivity contribution in [3.05, 3.63) is 42.5 Å². The van der Waals surface area contributed by atoms with E-state index >= 15 is 0 Å². The molecule has 1 saturated carbocycles. The number of carbonyl (C=O) groups is 2. The van der Waals surface area contributed by atoms with Gasteiger partial charge in [0.25, 0.3) is 0 Å². The zero-order valence-electron chi connectivity index (χ0n) is 13.7. The van der Waals surface area contributed by atoms with E-state index in [1.54, 1.807) is 4.52 Å². The van der Waals surface area contributed by atoms with Gasteiger partial charge >= 0.3 is 0 Å². The molecule has 0 bridgehead atoms. The van der Waals surface area contributed by atoms with E-state index in [9.17, 15) is 9.59 Å². The SMILES string of the molecule is CC(=O)Nc1cccc(-c2cccc3nc(NC(=O)C4CC4)nn23)c1. The highest BCUT2D eigenvalue weighted by molar-refractivity contribution is 5.92. The molecule has 0 unspecified atom stereocenters. The largest absolute Gasteiger partial charge is 0.326 e. The van der Waals surface area contributed by atoms with Crippen LogP contribution in [0.4, 0.5) is 11.6 Å². The van der Waals surface area contributed by atoms with Crippen molar-refractivity contribution >= 4 is 29.1 Å². The summed E-state index contributed by atoms with van der Waals surface area (Å²) < 4.78 is 1.69. The van der Waals surface area contributed by atoms with Crippen LogP contribution in [0, 0.1) is 5.92 Å². The molecule has 4 rings (SSSR count). The fourth-order valence-electron chi connectivity index (χ4n) is 2.69. The predicted octanol–water partition coefficient (Wildman–Crippen LogP) is 2.70. The number of amides is 2. The first-order valence-corrected chi connectivity index (χ1v) is 8.15. The molecule has 0 aliphatic heterocycles. The Kier molecular flexibility index (Phi) is 3.68. The van der Waals surface area contributed by atoms with Crippen molar-refractivity contribution in [2.75, 3.05) is 10.6 Å². The summed E-state index contributed by atoms with van der Waals surface area (Å²) in [5.41, 5.74) is 3.07. The van der Waals surface area contributed by atoms with Crippen LogP contribution in [0.1, 0.15) is 19.8 Å². The molecule has 0 atom stereocenters. The maximum absolute atomic E-state index is 11.9. The van der Waals surface area contributed by atoms with Crippen molar-refractivity contribution in [3.63, 3.8) is 0 Å². The van der Waals surface area contributed by atoms with E-state index in [2.05, 4.69) is 20.7 Å². The molecule has 126 valence electrons. The van der Waals surface area contributed by atoms with Crippen LogP contribution in [0.25, 0.3) is 16.9 Å². The normalized spacial score (nSPS) is 13.6. The molecular formula is C18H17N5O2. The zero-order chi connectivity index (χ0) is 17.4. The fourth-order valence-corrected chi connectivity index (χ4v) is 2.69. The zero-order valence-corrected chi connectivity index (χ0v) is 13.7. The van der Waals surface area contributed by atoms with E-state index in [4.69, 9.17) is 0 Å². The van der Waals surface area contributed by atoms with Crippen LogP contribution in [0.5, 0.6) is 0 Å². The molecule has 2 amide bonds. The lowest BCUT2D eigenvalue weighted by molar-refractivity contribution is -0.117. The molecule has 2 N–H and O–H groups in total. The number of benzene rings is 1. The quantitative estimate of drug-likeness (QED) is 0.767.